The Morgan fingerprint density at radius 2 is 2.07 bits per heavy atom. The summed E-state index contributed by atoms with van der Waals surface area (Å²) in [6, 6.07) is 11.8. The highest BCUT2D eigenvalue weighted by molar-refractivity contribution is 5.84. The average Bonchev–Trinajstić information content (AvgIpc) is 3.38. The van der Waals surface area contributed by atoms with Crippen LogP contribution in [0, 0.1) is 0 Å². The van der Waals surface area contributed by atoms with E-state index in [9.17, 15) is 4.79 Å². The summed E-state index contributed by atoms with van der Waals surface area (Å²) in [7, 11) is 1.63. The van der Waals surface area contributed by atoms with Gasteiger partial charge in [0, 0.05) is 19.9 Å². The Bertz CT molecular complexity index is 1230. The molecule has 4 aromatic rings. The van der Waals surface area contributed by atoms with Crippen LogP contribution in [0.1, 0.15) is 18.5 Å². The predicted octanol–water partition coefficient (Wildman–Crippen LogP) is 2.43. The molecule has 1 aliphatic heterocycles. The van der Waals surface area contributed by atoms with Gasteiger partial charge in [0.1, 0.15) is 5.52 Å². The van der Waals surface area contributed by atoms with E-state index in [-0.39, 0.29) is 11.7 Å². The summed E-state index contributed by atoms with van der Waals surface area (Å²) in [5, 5.41) is 13.3. The number of nitrogens with zero attached hydrogens (tertiary/aromatic N) is 5. The van der Waals surface area contributed by atoms with Crippen LogP contribution in [0.15, 0.2) is 47.4 Å². The Morgan fingerprint density at radius 1 is 1.21 bits per heavy atom. The molecule has 1 aromatic carbocycles. The van der Waals surface area contributed by atoms with Crippen molar-refractivity contribution in [3.05, 3.63) is 58.6 Å². The maximum Gasteiger partial charge on any atom is 0.280 e. The Balaban J connectivity index is 1.68. The van der Waals surface area contributed by atoms with E-state index in [2.05, 4.69) is 10.2 Å². The minimum Gasteiger partial charge on any atom is -0.378 e. The van der Waals surface area contributed by atoms with Crippen LogP contribution in [0.5, 0.6) is 0 Å². The van der Waals surface area contributed by atoms with Crippen molar-refractivity contribution in [1.29, 1.82) is 0 Å². The van der Waals surface area contributed by atoms with Crippen molar-refractivity contribution in [3.63, 3.8) is 0 Å². The van der Waals surface area contributed by atoms with E-state index in [1.54, 1.807) is 22.4 Å². The van der Waals surface area contributed by atoms with Crippen LogP contribution in [0.4, 0.5) is 0 Å². The van der Waals surface area contributed by atoms with E-state index in [0.29, 0.717) is 29.8 Å². The summed E-state index contributed by atoms with van der Waals surface area (Å²) >= 11 is 0. The minimum absolute atomic E-state index is 0.0736. The Labute approximate surface area is 166 Å². The number of rotatable bonds is 5. The zero-order chi connectivity index (χ0) is 19.8. The van der Waals surface area contributed by atoms with Gasteiger partial charge in [-0.3, -0.25) is 4.79 Å². The molecule has 29 heavy (non-hydrogen) atoms. The molecular formula is C21H21N5O3. The molecule has 4 heterocycles. The van der Waals surface area contributed by atoms with Crippen LogP contribution >= 0.6 is 0 Å². The highest BCUT2D eigenvalue weighted by atomic mass is 16.5. The number of pyridine rings is 1. The van der Waals surface area contributed by atoms with Crippen molar-refractivity contribution in [2.24, 2.45) is 0 Å². The van der Waals surface area contributed by atoms with Gasteiger partial charge < -0.3 is 14.0 Å². The van der Waals surface area contributed by atoms with Crippen LogP contribution in [0.3, 0.4) is 0 Å². The molecule has 0 bridgehead atoms. The largest absolute Gasteiger partial charge is 0.378 e. The second-order valence-corrected chi connectivity index (χ2v) is 7.20. The molecule has 8 heteroatoms. The van der Waals surface area contributed by atoms with Crippen molar-refractivity contribution < 1.29 is 9.47 Å². The number of benzene rings is 1. The molecule has 1 aliphatic rings. The van der Waals surface area contributed by atoms with Gasteiger partial charge in [-0.2, -0.15) is 5.10 Å². The quantitative estimate of drug-likeness (QED) is 0.520. The zero-order valence-corrected chi connectivity index (χ0v) is 16.1. The van der Waals surface area contributed by atoms with E-state index >= 15 is 0 Å². The van der Waals surface area contributed by atoms with Crippen LogP contribution < -0.4 is 5.56 Å². The number of fused-ring (bicyclic) bond motifs is 3. The van der Waals surface area contributed by atoms with Gasteiger partial charge >= 0.3 is 0 Å². The number of hydrogen-bond donors (Lipinski definition) is 0. The number of ether oxygens (including phenoxy) is 2. The topological polar surface area (TPSA) is 83.5 Å². The van der Waals surface area contributed by atoms with E-state index in [1.165, 1.54) is 0 Å². The highest BCUT2D eigenvalue weighted by Gasteiger charge is 2.21. The third-order valence-corrected chi connectivity index (χ3v) is 5.29. The molecular weight excluding hydrogens is 370 g/mol. The zero-order valence-electron chi connectivity index (χ0n) is 16.1. The molecule has 0 saturated carbocycles. The first-order valence-electron chi connectivity index (χ1n) is 9.69. The lowest BCUT2D eigenvalue weighted by Crippen LogP contribution is -2.27. The minimum atomic E-state index is -0.183. The summed E-state index contributed by atoms with van der Waals surface area (Å²) in [6.45, 7) is 1.62. The number of methoxy groups -OCH3 is 1. The van der Waals surface area contributed by atoms with Gasteiger partial charge in [-0.15, -0.1) is 10.2 Å². The molecule has 0 amide bonds. The second-order valence-electron chi connectivity index (χ2n) is 7.20. The molecule has 1 saturated heterocycles. The van der Waals surface area contributed by atoms with Gasteiger partial charge in [-0.1, -0.05) is 30.3 Å². The van der Waals surface area contributed by atoms with E-state index < -0.39 is 0 Å². The maximum atomic E-state index is 13.0. The highest BCUT2D eigenvalue weighted by Crippen LogP contribution is 2.28. The summed E-state index contributed by atoms with van der Waals surface area (Å²) in [6.07, 6.45) is 3.86. The summed E-state index contributed by atoms with van der Waals surface area (Å²) < 4.78 is 14.3. The normalized spacial score (nSPS) is 16.8. The standard InChI is InChI=1S/C21H21N5O3/c1-28-13-16-18(14-6-3-2-4-7-14)20-23-22-19-17(26(20)24-16)9-10-25(21(19)27)12-15-8-5-11-29-15/h2-4,6-7,9-10,15H,5,8,11-13H2,1H3. The van der Waals surface area contributed by atoms with Crippen molar-refractivity contribution in [3.8, 4) is 11.1 Å². The number of aromatic nitrogens is 5. The van der Waals surface area contributed by atoms with Crippen LogP contribution in [-0.2, 0) is 22.6 Å². The molecule has 0 spiro atoms. The van der Waals surface area contributed by atoms with Gasteiger partial charge in [-0.25, -0.2) is 4.52 Å². The lowest BCUT2D eigenvalue weighted by Gasteiger charge is -2.12. The molecule has 3 aromatic heterocycles. The molecule has 0 aliphatic carbocycles. The third-order valence-electron chi connectivity index (χ3n) is 5.29. The maximum absolute atomic E-state index is 13.0. The van der Waals surface area contributed by atoms with Gasteiger partial charge in [0.25, 0.3) is 5.56 Å². The van der Waals surface area contributed by atoms with Crippen LogP contribution in [-0.4, -0.2) is 44.2 Å². The van der Waals surface area contributed by atoms with E-state index in [1.807, 2.05) is 36.4 Å². The monoisotopic (exact) mass is 391 g/mol. The molecule has 1 fully saturated rings. The fourth-order valence-electron chi connectivity index (χ4n) is 3.92. The molecule has 5 rings (SSSR count). The summed E-state index contributed by atoms with van der Waals surface area (Å²) in [4.78, 5) is 13.0. The molecule has 0 radical (unpaired) electrons. The lowest BCUT2D eigenvalue weighted by molar-refractivity contribution is 0.0963. The summed E-state index contributed by atoms with van der Waals surface area (Å²) in [5.41, 5.74) is 3.95. The molecule has 0 N–H and O–H groups in total. The van der Waals surface area contributed by atoms with Crippen LogP contribution in [0.2, 0.25) is 0 Å². The fourth-order valence-corrected chi connectivity index (χ4v) is 3.92. The molecule has 1 unspecified atom stereocenters. The van der Waals surface area contributed by atoms with Crippen molar-refractivity contribution in [2.45, 2.75) is 32.1 Å². The SMILES string of the molecule is COCc1nn2c(nnc3c(=O)n(CC4CCCO4)ccc32)c1-c1ccccc1. The molecule has 8 nitrogen and oxygen atoms in total. The first kappa shape index (κ1) is 18.0. The lowest BCUT2D eigenvalue weighted by atomic mass is 10.1. The molecule has 148 valence electrons. The van der Waals surface area contributed by atoms with Crippen molar-refractivity contribution in [1.82, 2.24) is 24.4 Å². The first-order valence-corrected chi connectivity index (χ1v) is 9.69. The van der Waals surface area contributed by atoms with Crippen molar-refractivity contribution in [2.75, 3.05) is 13.7 Å². The van der Waals surface area contributed by atoms with Crippen molar-refractivity contribution >= 4 is 16.7 Å². The smallest absolute Gasteiger partial charge is 0.280 e. The van der Waals surface area contributed by atoms with Crippen LogP contribution in [0.25, 0.3) is 27.8 Å². The summed E-state index contributed by atoms with van der Waals surface area (Å²) in [5.74, 6) is 0. The number of hydrogen-bond acceptors (Lipinski definition) is 6. The van der Waals surface area contributed by atoms with Gasteiger partial charge in [-0.05, 0) is 24.5 Å². The third kappa shape index (κ3) is 3.10. The van der Waals surface area contributed by atoms with Gasteiger partial charge in [0.05, 0.1) is 30.5 Å². The average molecular weight is 391 g/mol. The molecule has 1 atom stereocenters. The van der Waals surface area contributed by atoms with E-state index in [0.717, 1.165) is 36.3 Å². The Hall–Kier alpha value is -3.10. The first-order chi connectivity index (χ1) is 14.3. The van der Waals surface area contributed by atoms with Gasteiger partial charge in [0.2, 0.25) is 0 Å². The fraction of sp³-hybridized carbons (Fsp3) is 0.333. The second kappa shape index (κ2) is 7.38. The van der Waals surface area contributed by atoms with Gasteiger partial charge in [0.15, 0.2) is 11.2 Å². The Kier molecular flexibility index (Phi) is 4.57. The Morgan fingerprint density at radius 3 is 2.83 bits per heavy atom. The predicted molar refractivity (Wildman–Crippen MR) is 108 cm³/mol. The van der Waals surface area contributed by atoms with E-state index in [4.69, 9.17) is 14.6 Å².